The molecule has 8 heteroatoms. The maximum absolute atomic E-state index is 12.4. The number of nitrogens with one attached hydrogen (secondary N) is 1. The zero-order valence-electron chi connectivity index (χ0n) is 18.0. The average Bonchev–Trinajstić information content (AvgIpc) is 3.29. The molecule has 0 radical (unpaired) electrons. The van der Waals surface area contributed by atoms with E-state index in [1.54, 1.807) is 12.1 Å². The second-order valence-electron chi connectivity index (χ2n) is 7.49. The molecule has 0 spiro atoms. The predicted molar refractivity (Wildman–Crippen MR) is 131 cm³/mol. The van der Waals surface area contributed by atoms with E-state index in [1.807, 2.05) is 18.0 Å². The molecule has 3 rings (SSSR count). The second-order valence-corrected chi connectivity index (χ2v) is 7.49. The highest BCUT2D eigenvalue weighted by Crippen LogP contribution is 2.10. The zero-order valence-corrected chi connectivity index (χ0v) is 20.3. The van der Waals surface area contributed by atoms with Crippen LogP contribution in [0.5, 0.6) is 0 Å². The third-order valence-corrected chi connectivity index (χ3v) is 5.35. The number of likely N-dealkylation sites (N-methyl/N-ethyl adjacent to an activating group) is 1. The van der Waals surface area contributed by atoms with Crippen LogP contribution in [0.3, 0.4) is 0 Å². The number of hydrogen-bond donors (Lipinski definition) is 1. The van der Waals surface area contributed by atoms with Crippen molar-refractivity contribution in [1.29, 1.82) is 0 Å². The van der Waals surface area contributed by atoms with E-state index in [0.717, 1.165) is 32.0 Å². The van der Waals surface area contributed by atoms with E-state index in [9.17, 15) is 4.79 Å². The Morgan fingerprint density at radius 1 is 1.10 bits per heavy atom. The summed E-state index contributed by atoms with van der Waals surface area (Å²) in [4.78, 5) is 23.2. The van der Waals surface area contributed by atoms with Gasteiger partial charge in [0.05, 0.1) is 6.26 Å². The van der Waals surface area contributed by atoms with Gasteiger partial charge in [-0.15, -0.1) is 24.0 Å². The number of carbonyl (C=O) groups excluding carboxylic acids is 1. The van der Waals surface area contributed by atoms with Gasteiger partial charge in [0.15, 0.2) is 11.7 Å². The molecule has 1 aliphatic heterocycles. The van der Waals surface area contributed by atoms with E-state index in [2.05, 4.69) is 58.5 Å². The topological polar surface area (TPSA) is 64.3 Å². The van der Waals surface area contributed by atoms with E-state index in [4.69, 9.17) is 4.42 Å². The molecule has 2 aromatic rings. The fraction of sp³-hybridized carbons (Fsp3) is 0.455. The van der Waals surface area contributed by atoms with E-state index in [-0.39, 0.29) is 29.9 Å². The Bertz CT molecular complexity index is 787. The minimum atomic E-state index is -0.0480. The third-order valence-electron chi connectivity index (χ3n) is 5.35. The van der Waals surface area contributed by atoms with Crippen LogP contribution in [0.25, 0.3) is 0 Å². The molecular weight excluding hydrogens is 493 g/mol. The standard InChI is InChI=1S/C22H31N5O2.HI/c1-23-22(24-17-19(25(2)3)16-18-8-5-4-6-9-18)27-13-11-26(12-14-27)21(28)20-10-7-15-29-20;/h4-10,15,19H,11-14,16-17H2,1-3H3,(H,23,24);1H. The molecule has 1 aromatic carbocycles. The van der Waals surface area contributed by atoms with Crippen molar-refractivity contribution in [2.75, 3.05) is 53.9 Å². The fourth-order valence-corrected chi connectivity index (χ4v) is 3.54. The van der Waals surface area contributed by atoms with Gasteiger partial charge < -0.3 is 24.4 Å². The van der Waals surface area contributed by atoms with Crippen LogP contribution in [0, 0.1) is 0 Å². The predicted octanol–water partition coefficient (Wildman–Crippen LogP) is 2.40. The first-order chi connectivity index (χ1) is 14.1. The number of furan rings is 1. The quantitative estimate of drug-likeness (QED) is 0.357. The molecule has 2 heterocycles. The van der Waals surface area contributed by atoms with Crippen molar-refractivity contribution in [3.05, 3.63) is 60.1 Å². The fourth-order valence-electron chi connectivity index (χ4n) is 3.54. The van der Waals surface area contributed by atoms with Crippen molar-refractivity contribution in [3.63, 3.8) is 0 Å². The van der Waals surface area contributed by atoms with E-state index < -0.39 is 0 Å². The Morgan fingerprint density at radius 3 is 2.33 bits per heavy atom. The molecule has 0 saturated carbocycles. The van der Waals surface area contributed by atoms with Crippen LogP contribution in [-0.2, 0) is 6.42 Å². The van der Waals surface area contributed by atoms with Crippen LogP contribution >= 0.6 is 24.0 Å². The molecule has 1 aromatic heterocycles. The average molecular weight is 525 g/mol. The highest BCUT2D eigenvalue weighted by Gasteiger charge is 2.25. The molecule has 164 valence electrons. The van der Waals surface area contributed by atoms with Crippen molar-refractivity contribution in [2.45, 2.75) is 12.5 Å². The van der Waals surface area contributed by atoms with Gasteiger partial charge in [-0.05, 0) is 38.2 Å². The van der Waals surface area contributed by atoms with Gasteiger partial charge >= 0.3 is 0 Å². The lowest BCUT2D eigenvalue weighted by Crippen LogP contribution is -2.55. The Balaban J connectivity index is 0.00000320. The minimum absolute atomic E-state index is 0. The molecule has 7 nitrogen and oxygen atoms in total. The van der Waals surface area contributed by atoms with Crippen molar-refractivity contribution < 1.29 is 9.21 Å². The summed E-state index contributed by atoms with van der Waals surface area (Å²) in [6.45, 7) is 3.61. The normalized spacial score (nSPS) is 15.7. The third kappa shape index (κ3) is 6.46. The molecule has 1 unspecified atom stereocenters. The maximum Gasteiger partial charge on any atom is 0.289 e. The van der Waals surface area contributed by atoms with E-state index in [1.165, 1.54) is 11.8 Å². The van der Waals surface area contributed by atoms with Gasteiger partial charge in [0.2, 0.25) is 0 Å². The summed E-state index contributed by atoms with van der Waals surface area (Å²) in [5.74, 6) is 1.24. The van der Waals surface area contributed by atoms with Crippen molar-refractivity contribution in [3.8, 4) is 0 Å². The first-order valence-electron chi connectivity index (χ1n) is 10.1. The molecule has 1 amide bonds. The molecule has 1 atom stereocenters. The first-order valence-corrected chi connectivity index (χ1v) is 10.1. The highest BCUT2D eigenvalue weighted by atomic mass is 127. The summed E-state index contributed by atoms with van der Waals surface area (Å²) >= 11 is 0. The van der Waals surface area contributed by atoms with Crippen LogP contribution in [0.15, 0.2) is 58.1 Å². The lowest BCUT2D eigenvalue weighted by molar-refractivity contribution is 0.0657. The first kappa shape index (κ1) is 24.2. The largest absolute Gasteiger partial charge is 0.459 e. The smallest absolute Gasteiger partial charge is 0.289 e. The lowest BCUT2D eigenvalue weighted by atomic mass is 10.1. The monoisotopic (exact) mass is 525 g/mol. The number of benzene rings is 1. The number of piperazine rings is 1. The van der Waals surface area contributed by atoms with Gasteiger partial charge in [-0.25, -0.2) is 0 Å². The Morgan fingerprint density at radius 2 is 1.77 bits per heavy atom. The van der Waals surface area contributed by atoms with Crippen molar-refractivity contribution in [2.24, 2.45) is 4.99 Å². The number of rotatable bonds is 6. The minimum Gasteiger partial charge on any atom is -0.459 e. The Labute approximate surface area is 196 Å². The van der Waals surface area contributed by atoms with Crippen LogP contribution in [0.2, 0.25) is 0 Å². The van der Waals surface area contributed by atoms with Gasteiger partial charge in [0.25, 0.3) is 5.91 Å². The van der Waals surface area contributed by atoms with Gasteiger partial charge in [-0.1, -0.05) is 30.3 Å². The van der Waals surface area contributed by atoms with Crippen LogP contribution in [0.4, 0.5) is 0 Å². The molecule has 1 saturated heterocycles. The zero-order chi connectivity index (χ0) is 20.6. The van der Waals surface area contributed by atoms with Gasteiger partial charge in [-0.3, -0.25) is 9.79 Å². The lowest BCUT2D eigenvalue weighted by Gasteiger charge is -2.37. The number of aliphatic imine (C=N–C) groups is 1. The summed E-state index contributed by atoms with van der Waals surface area (Å²) in [6.07, 6.45) is 2.51. The Kier molecular flexibility index (Phi) is 9.64. The molecule has 30 heavy (non-hydrogen) atoms. The molecule has 1 N–H and O–H groups in total. The number of carbonyl (C=O) groups is 1. The van der Waals surface area contributed by atoms with Gasteiger partial charge in [0, 0.05) is 45.8 Å². The number of hydrogen-bond acceptors (Lipinski definition) is 4. The summed E-state index contributed by atoms with van der Waals surface area (Å²) in [5, 5.41) is 3.52. The Hall–Kier alpha value is -2.07. The van der Waals surface area contributed by atoms with E-state index >= 15 is 0 Å². The van der Waals surface area contributed by atoms with Crippen molar-refractivity contribution in [1.82, 2.24) is 20.0 Å². The van der Waals surface area contributed by atoms with E-state index in [0.29, 0.717) is 24.9 Å². The molecule has 1 fully saturated rings. The second kappa shape index (κ2) is 11.9. The van der Waals surface area contributed by atoms with Crippen LogP contribution in [-0.4, -0.2) is 86.5 Å². The molecule has 0 bridgehead atoms. The van der Waals surface area contributed by atoms with Crippen LogP contribution in [0.1, 0.15) is 16.1 Å². The molecule has 0 aliphatic carbocycles. The summed E-state index contributed by atoms with van der Waals surface area (Å²) in [5.41, 5.74) is 1.33. The molecule has 1 aliphatic rings. The van der Waals surface area contributed by atoms with Gasteiger partial charge in [0.1, 0.15) is 0 Å². The maximum atomic E-state index is 12.4. The van der Waals surface area contributed by atoms with Gasteiger partial charge in [-0.2, -0.15) is 0 Å². The number of halogens is 1. The highest BCUT2D eigenvalue weighted by molar-refractivity contribution is 14.0. The van der Waals surface area contributed by atoms with Crippen LogP contribution < -0.4 is 5.32 Å². The van der Waals surface area contributed by atoms with Crippen molar-refractivity contribution >= 4 is 35.8 Å². The summed E-state index contributed by atoms with van der Waals surface area (Å²) < 4.78 is 5.23. The SMILES string of the molecule is CN=C(NCC(Cc1ccccc1)N(C)C)N1CCN(C(=O)c2ccco2)CC1.I. The summed E-state index contributed by atoms with van der Waals surface area (Å²) in [6, 6.07) is 14.4. The molecular formula is C22H32IN5O2. The number of nitrogens with zero attached hydrogens (tertiary/aromatic N) is 4. The number of amides is 1. The summed E-state index contributed by atoms with van der Waals surface area (Å²) in [7, 11) is 6.03. The number of guanidine groups is 1.